The van der Waals surface area contributed by atoms with Crippen LogP contribution in [0.1, 0.15) is 13.8 Å². The van der Waals surface area contributed by atoms with Gasteiger partial charge in [-0.25, -0.2) is 10.8 Å². The molecule has 0 spiro atoms. The third kappa shape index (κ3) is 3.19. The summed E-state index contributed by atoms with van der Waals surface area (Å²) >= 11 is 0. The second-order valence-electron chi connectivity index (χ2n) is 5.37. The van der Waals surface area contributed by atoms with Crippen LogP contribution in [0.5, 0.6) is 0 Å². The number of benzene rings is 1. The van der Waals surface area contributed by atoms with Crippen LogP contribution in [0.3, 0.4) is 0 Å². The fourth-order valence-corrected chi connectivity index (χ4v) is 2.00. The number of nitrogens with two attached hydrogens (primary N) is 1. The molecule has 1 aromatic carbocycles. The molecule has 0 aliphatic heterocycles. The fourth-order valence-electron chi connectivity index (χ4n) is 2.00. The number of para-hydroxylation sites is 1. The summed E-state index contributed by atoms with van der Waals surface area (Å²) in [7, 11) is 1.63. The molecule has 0 aliphatic carbocycles. The van der Waals surface area contributed by atoms with Gasteiger partial charge in [-0.05, 0) is 26.0 Å². The summed E-state index contributed by atoms with van der Waals surface area (Å²) in [5.41, 5.74) is 2.67. The van der Waals surface area contributed by atoms with Crippen LogP contribution in [-0.2, 0) is 4.79 Å². The lowest BCUT2D eigenvalue weighted by Crippen LogP contribution is -2.39. The molecule has 0 saturated heterocycles. The van der Waals surface area contributed by atoms with E-state index in [1.807, 2.05) is 38.1 Å². The number of hydrogen-bond donors (Lipinski definition) is 4. The lowest BCUT2D eigenvalue weighted by molar-refractivity contribution is -0.128. The minimum atomic E-state index is -0.558. The number of amides is 1. The van der Waals surface area contributed by atoms with E-state index in [0.717, 1.165) is 10.9 Å². The Kier molecular flexibility index (Phi) is 4.23. The first-order valence-electron chi connectivity index (χ1n) is 6.67. The summed E-state index contributed by atoms with van der Waals surface area (Å²) in [6.07, 6.45) is 0. The first-order chi connectivity index (χ1) is 9.97. The molecule has 0 saturated carbocycles. The molecule has 7 nitrogen and oxygen atoms in total. The Balaban J connectivity index is 2.31. The van der Waals surface area contributed by atoms with Gasteiger partial charge in [0.2, 0.25) is 11.9 Å². The minimum Gasteiger partial charge on any atom is -0.368 e. The average Bonchev–Trinajstić information content (AvgIpc) is 2.51. The molecule has 0 radical (unpaired) electrons. The highest BCUT2D eigenvalue weighted by atomic mass is 16.2. The highest BCUT2D eigenvalue weighted by Crippen LogP contribution is 2.23. The molecule has 21 heavy (non-hydrogen) atoms. The largest absolute Gasteiger partial charge is 0.368 e. The zero-order valence-electron chi connectivity index (χ0n) is 12.4. The van der Waals surface area contributed by atoms with Crippen LogP contribution in [0.15, 0.2) is 24.3 Å². The van der Waals surface area contributed by atoms with E-state index in [1.54, 1.807) is 7.05 Å². The predicted octanol–water partition coefficient (Wildman–Crippen LogP) is 1.10. The summed E-state index contributed by atoms with van der Waals surface area (Å²) in [6, 6.07) is 7.61. The highest BCUT2D eigenvalue weighted by molar-refractivity contribution is 5.90. The first kappa shape index (κ1) is 15.0. The lowest BCUT2D eigenvalue weighted by Gasteiger charge is -2.23. The quantitative estimate of drug-likeness (QED) is 0.485. The Hall–Kier alpha value is -2.41. The number of rotatable bonds is 5. The molecule has 0 fully saturated rings. The Morgan fingerprint density at radius 1 is 1.29 bits per heavy atom. The number of fused-ring (bicyclic) bond motifs is 1. The van der Waals surface area contributed by atoms with E-state index in [1.165, 1.54) is 0 Å². The number of carbonyl (C=O) groups is 1. The van der Waals surface area contributed by atoms with Crippen LogP contribution < -0.4 is 21.9 Å². The van der Waals surface area contributed by atoms with Gasteiger partial charge in [-0.1, -0.05) is 12.1 Å². The van der Waals surface area contributed by atoms with Gasteiger partial charge in [0.25, 0.3) is 0 Å². The number of nitrogens with one attached hydrogen (secondary N) is 3. The van der Waals surface area contributed by atoms with Gasteiger partial charge in [0.05, 0.1) is 10.9 Å². The van der Waals surface area contributed by atoms with Crippen molar-refractivity contribution >= 4 is 28.6 Å². The number of nitrogens with zero attached hydrogens (tertiary/aromatic N) is 2. The van der Waals surface area contributed by atoms with Crippen molar-refractivity contribution in [3.8, 4) is 0 Å². The number of hydrogen-bond acceptors (Lipinski definition) is 6. The number of carbonyl (C=O) groups excluding carboxylic acids is 1. The Morgan fingerprint density at radius 3 is 2.67 bits per heavy atom. The van der Waals surface area contributed by atoms with Crippen molar-refractivity contribution in [2.75, 3.05) is 24.3 Å². The number of hydrazine groups is 1. The molecule has 2 aromatic rings. The van der Waals surface area contributed by atoms with Gasteiger partial charge in [0, 0.05) is 19.0 Å². The summed E-state index contributed by atoms with van der Waals surface area (Å²) in [5.74, 6) is 6.33. The zero-order chi connectivity index (χ0) is 15.5. The van der Waals surface area contributed by atoms with Gasteiger partial charge in [0.1, 0.15) is 5.82 Å². The van der Waals surface area contributed by atoms with Gasteiger partial charge in [-0.2, -0.15) is 4.98 Å². The van der Waals surface area contributed by atoms with Crippen molar-refractivity contribution in [2.24, 2.45) is 11.3 Å². The van der Waals surface area contributed by atoms with E-state index < -0.39 is 5.41 Å². The van der Waals surface area contributed by atoms with Gasteiger partial charge in [0.15, 0.2) is 0 Å². The van der Waals surface area contributed by atoms with Gasteiger partial charge >= 0.3 is 0 Å². The van der Waals surface area contributed by atoms with Gasteiger partial charge in [-0.15, -0.1) is 0 Å². The molecule has 1 heterocycles. The van der Waals surface area contributed by atoms with Crippen LogP contribution in [0.2, 0.25) is 0 Å². The molecule has 7 heteroatoms. The summed E-state index contributed by atoms with van der Waals surface area (Å²) < 4.78 is 0. The number of aromatic nitrogens is 2. The fraction of sp³-hybridized carbons (Fsp3) is 0.357. The summed E-state index contributed by atoms with van der Waals surface area (Å²) in [5, 5.41) is 6.75. The Morgan fingerprint density at radius 2 is 2.00 bits per heavy atom. The normalized spacial score (nSPS) is 11.2. The van der Waals surface area contributed by atoms with Crippen molar-refractivity contribution in [1.82, 2.24) is 15.3 Å². The van der Waals surface area contributed by atoms with E-state index in [4.69, 9.17) is 5.84 Å². The molecule has 5 N–H and O–H groups in total. The highest BCUT2D eigenvalue weighted by Gasteiger charge is 2.26. The van der Waals surface area contributed by atoms with Crippen LogP contribution in [-0.4, -0.2) is 29.5 Å². The molecule has 112 valence electrons. The van der Waals surface area contributed by atoms with Crippen molar-refractivity contribution < 1.29 is 4.79 Å². The predicted molar refractivity (Wildman–Crippen MR) is 83.7 cm³/mol. The average molecular weight is 288 g/mol. The van der Waals surface area contributed by atoms with E-state index in [2.05, 4.69) is 26.0 Å². The Bertz CT molecular complexity index is 655. The van der Waals surface area contributed by atoms with Crippen molar-refractivity contribution in [3.63, 3.8) is 0 Å². The molecular weight excluding hydrogens is 268 g/mol. The monoisotopic (exact) mass is 288 g/mol. The molecular formula is C14H20N6O. The van der Waals surface area contributed by atoms with Crippen LogP contribution >= 0.6 is 0 Å². The molecule has 0 aliphatic rings. The van der Waals surface area contributed by atoms with E-state index in [0.29, 0.717) is 18.3 Å². The molecule has 0 unspecified atom stereocenters. The molecule has 1 aromatic heterocycles. The second kappa shape index (κ2) is 5.92. The maximum atomic E-state index is 11.8. The summed E-state index contributed by atoms with van der Waals surface area (Å²) in [4.78, 5) is 20.4. The Labute approximate surface area is 123 Å². The lowest BCUT2D eigenvalue weighted by atomic mass is 9.92. The minimum absolute atomic E-state index is 0.0365. The van der Waals surface area contributed by atoms with E-state index in [9.17, 15) is 4.79 Å². The van der Waals surface area contributed by atoms with Gasteiger partial charge in [-0.3, -0.25) is 10.2 Å². The molecule has 0 bridgehead atoms. The van der Waals surface area contributed by atoms with Crippen LogP contribution in [0.25, 0.3) is 10.9 Å². The first-order valence-corrected chi connectivity index (χ1v) is 6.67. The second-order valence-corrected chi connectivity index (χ2v) is 5.37. The van der Waals surface area contributed by atoms with Crippen LogP contribution in [0, 0.1) is 5.41 Å². The molecule has 1 amide bonds. The smallest absolute Gasteiger partial charge is 0.239 e. The van der Waals surface area contributed by atoms with Crippen molar-refractivity contribution in [1.29, 1.82) is 0 Å². The van der Waals surface area contributed by atoms with Gasteiger partial charge < -0.3 is 10.6 Å². The third-order valence-corrected chi connectivity index (χ3v) is 3.27. The zero-order valence-corrected chi connectivity index (χ0v) is 12.4. The van der Waals surface area contributed by atoms with Crippen molar-refractivity contribution in [3.05, 3.63) is 24.3 Å². The topological polar surface area (TPSA) is 105 Å². The standard InChI is InChI=1S/C14H20N6O/c1-14(2,12(21)16-3)8-17-11-9-6-4-5-7-10(9)18-13(19-11)20-15/h4-7H,8,15H2,1-3H3,(H,16,21)(H2,17,18,19,20). The van der Waals surface area contributed by atoms with Crippen molar-refractivity contribution in [2.45, 2.75) is 13.8 Å². The number of anilines is 2. The van der Waals surface area contributed by atoms with E-state index >= 15 is 0 Å². The maximum absolute atomic E-state index is 11.8. The van der Waals surface area contributed by atoms with Crippen LogP contribution in [0.4, 0.5) is 11.8 Å². The number of nitrogen functional groups attached to an aromatic ring is 1. The SMILES string of the molecule is CNC(=O)C(C)(C)CNc1nc(NN)nc2ccccc12. The molecule has 2 rings (SSSR count). The molecule has 0 atom stereocenters. The maximum Gasteiger partial charge on any atom is 0.239 e. The van der Waals surface area contributed by atoms with E-state index in [-0.39, 0.29) is 5.91 Å². The third-order valence-electron chi connectivity index (χ3n) is 3.27. The summed E-state index contributed by atoms with van der Waals surface area (Å²) in [6.45, 7) is 4.17.